The number of nitrogens with one attached hydrogen (secondary N) is 1. The molecule has 112 valence electrons. The number of aromatic nitrogens is 1. The van der Waals surface area contributed by atoms with Crippen molar-refractivity contribution in [3.8, 4) is 0 Å². The number of piperidine rings is 1. The summed E-state index contributed by atoms with van der Waals surface area (Å²) in [6.07, 6.45) is 2.20. The summed E-state index contributed by atoms with van der Waals surface area (Å²) in [5, 5.41) is 1.10. The number of carbonyl (C=O) groups is 1. The summed E-state index contributed by atoms with van der Waals surface area (Å²) in [5.41, 5.74) is 1.74. The normalized spacial score (nSPS) is 16.8. The van der Waals surface area contributed by atoms with E-state index >= 15 is 0 Å². The van der Waals surface area contributed by atoms with E-state index in [1.807, 2.05) is 35.2 Å². The lowest BCUT2D eigenvalue weighted by Gasteiger charge is -2.33. The molecule has 0 atom stereocenters. The minimum atomic E-state index is 0.134. The summed E-state index contributed by atoms with van der Waals surface area (Å²) >= 11 is 0. The molecule has 0 spiro atoms. The third kappa shape index (κ3) is 3.10. The summed E-state index contributed by atoms with van der Waals surface area (Å²) in [7, 11) is 4.23. The first-order valence-corrected chi connectivity index (χ1v) is 7.65. The van der Waals surface area contributed by atoms with Crippen molar-refractivity contribution in [2.45, 2.75) is 12.8 Å². The molecule has 2 heterocycles. The lowest BCUT2D eigenvalue weighted by molar-refractivity contribution is 0.0673. The first kappa shape index (κ1) is 14.1. The van der Waals surface area contributed by atoms with Gasteiger partial charge in [0, 0.05) is 30.5 Å². The zero-order chi connectivity index (χ0) is 14.8. The van der Waals surface area contributed by atoms with Crippen LogP contribution in [-0.2, 0) is 0 Å². The predicted molar refractivity (Wildman–Crippen MR) is 85.5 cm³/mol. The van der Waals surface area contributed by atoms with Crippen LogP contribution in [0.2, 0.25) is 0 Å². The number of benzene rings is 1. The van der Waals surface area contributed by atoms with E-state index in [9.17, 15) is 4.79 Å². The van der Waals surface area contributed by atoms with Gasteiger partial charge in [0.1, 0.15) is 5.69 Å². The van der Waals surface area contributed by atoms with Gasteiger partial charge in [0.2, 0.25) is 0 Å². The van der Waals surface area contributed by atoms with E-state index in [1.54, 1.807) is 0 Å². The molecule has 1 fully saturated rings. The molecule has 2 aromatic rings. The lowest BCUT2D eigenvalue weighted by Crippen LogP contribution is -2.40. The summed E-state index contributed by atoms with van der Waals surface area (Å²) in [5.74, 6) is 0.848. The number of nitrogens with zero attached hydrogens (tertiary/aromatic N) is 2. The van der Waals surface area contributed by atoms with Gasteiger partial charge in [0.05, 0.1) is 0 Å². The Bertz CT molecular complexity index is 591. The molecular weight excluding hydrogens is 262 g/mol. The Labute approximate surface area is 125 Å². The average Bonchev–Trinajstić information content (AvgIpc) is 2.90. The summed E-state index contributed by atoms with van der Waals surface area (Å²) in [6, 6.07) is 9.99. The monoisotopic (exact) mass is 285 g/mol. The van der Waals surface area contributed by atoms with Crippen molar-refractivity contribution in [3.63, 3.8) is 0 Å². The fourth-order valence-corrected chi connectivity index (χ4v) is 3.19. The Balaban J connectivity index is 1.66. The Morgan fingerprint density at radius 2 is 2.00 bits per heavy atom. The third-order valence-electron chi connectivity index (χ3n) is 4.29. The molecule has 0 bridgehead atoms. The van der Waals surface area contributed by atoms with Crippen LogP contribution in [0, 0.1) is 5.92 Å². The molecule has 1 aliphatic heterocycles. The van der Waals surface area contributed by atoms with Crippen molar-refractivity contribution in [3.05, 3.63) is 36.0 Å². The van der Waals surface area contributed by atoms with Crippen LogP contribution in [0.15, 0.2) is 30.3 Å². The molecule has 1 amide bonds. The van der Waals surface area contributed by atoms with Gasteiger partial charge in [0.25, 0.3) is 5.91 Å². The van der Waals surface area contributed by atoms with E-state index in [-0.39, 0.29) is 5.91 Å². The van der Waals surface area contributed by atoms with Crippen molar-refractivity contribution in [1.29, 1.82) is 0 Å². The second kappa shape index (κ2) is 5.90. The predicted octanol–water partition coefficient (Wildman–Crippen LogP) is 2.58. The van der Waals surface area contributed by atoms with Gasteiger partial charge in [-0.15, -0.1) is 0 Å². The van der Waals surface area contributed by atoms with Crippen molar-refractivity contribution in [2.75, 3.05) is 33.7 Å². The Hall–Kier alpha value is -1.81. The summed E-state index contributed by atoms with van der Waals surface area (Å²) in [4.78, 5) is 20.0. The number of hydrogen-bond acceptors (Lipinski definition) is 2. The maximum Gasteiger partial charge on any atom is 0.270 e. The van der Waals surface area contributed by atoms with Crippen molar-refractivity contribution < 1.29 is 4.79 Å². The number of aromatic amines is 1. The second-order valence-electron chi connectivity index (χ2n) is 6.27. The van der Waals surface area contributed by atoms with Crippen LogP contribution in [-0.4, -0.2) is 54.4 Å². The zero-order valence-electron chi connectivity index (χ0n) is 12.8. The topological polar surface area (TPSA) is 39.3 Å². The zero-order valence-corrected chi connectivity index (χ0v) is 12.8. The quantitative estimate of drug-likeness (QED) is 0.941. The molecule has 4 nitrogen and oxygen atoms in total. The molecule has 1 aromatic heterocycles. The molecule has 0 saturated carbocycles. The summed E-state index contributed by atoms with van der Waals surface area (Å²) < 4.78 is 0. The number of fused-ring (bicyclic) bond motifs is 1. The SMILES string of the molecule is CN(C)CC1CCN(C(=O)c2cc3ccccc3[nH]2)CC1. The number of H-pyrrole nitrogens is 1. The molecule has 1 N–H and O–H groups in total. The van der Waals surface area contributed by atoms with E-state index < -0.39 is 0 Å². The molecule has 0 radical (unpaired) electrons. The minimum absolute atomic E-state index is 0.134. The number of hydrogen-bond donors (Lipinski definition) is 1. The molecule has 1 aliphatic rings. The van der Waals surface area contributed by atoms with E-state index in [4.69, 9.17) is 0 Å². The highest BCUT2D eigenvalue weighted by molar-refractivity contribution is 5.98. The first-order valence-electron chi connectivity index (χ1n) is 7.65. The maximum absolute atomic E-state index is 12.6. The molecule has 21 heavy (non-hydrogen) atoms. The summed E-state index contributed by atoms with van der Waals surface area (Å²) in [6.45, 7) is 2.85. The van der Waals surface area contributed by atoms with E-state index in [0.29, 0.717) is 11.6 Å². The third-order valence-corrected chi connectivity index (χ3v) is 4.29. The molecule has 4 heteroatoms. The number of carbonyl (C=O) groups excluding carboxylic acids is 1. The van der Waals surface area contributed by atoms with Gasteiger partial charge >= 0.3 is 0 Å². The van der Waals surface area contributed by atoms with Crippen molar-refractivity contribution in [2.24, 2.45) is 5.92 Å². The second-order valence-corrected chi connectivity index (χ2v) is 6.27. The molecule has 1 saturated heterocycles. The number of para-hydroxylation sites is 1. The first-order chi connectivity index (χ1) is 10.1. The average molecular weight is 285 g/mol. The molecule has 3 rings (SSSR count). The Morgan fingerprint density at radius 1 is 1.29 bits per heavy atom. The maximum atomic E-state index is 12.6. The van der Waals surface area contributed by atoms with Crippen molar-refractivity contribution >= 4 is 16.8 Å². The van der Waals surface area contributed by atoms with Crippen LogP contribution in [0.5, 0.6) is 0 Å². The van der Waals surface area contributed by atoms with Crippen LogP contribution in [0.25, 0.3) is 10.9 Å². The number of amides is 1. The van der Waals surface area contributed by atoms with Gasteiger partial charge in [-0.05, 0) is 45.0 Å². The van der Waals surface area contributed by atoms with E-state index in [1.165, 1.54) is 0 Å². The van der Waals surface area contributed by atoms with Gasteiger partial charge in [0.15, 0.2) is 0 Å². The Morgan fingerprint density at radius 3 is 2.67 bits per heavy atom. The van der Waals surface area contributed by atoms with Crippen LogP contribution in [0.1, 0.15) is 23.3 Å². The van der Waals surface area contributed by atoms with Gasteiger partial charge in [-0.25, -0.2) is 0 Å². The lowest BCUT2D eigenvalue weighted by atomic mass is 9.96. The largest absolute Gasteiger partial charge is 0.351 e. The van der Waals surface area contributed by atoms with Crippen LogP contribution in [0.4, 0.5) is 0 Å². The highest BCUT2D eigenvalue weighted by Gasteiger charge is 2.24. The van der Waals surface area contributed by atoms with Gasteiger partial charge < -0.3 is 14.8 Å². The minimum Gasteiger partial charge on any atom is -0.351 e. The number of rotatable bonds is 3. The fourth-order valence-electron chi connectivity index (χ4n) is 3.19. The molecule has 1 aromatic carbocycles. The van der Waals surface area contributed by atoms with Gasteiger partial charge in [-0.3, -0.25) is 4.79 Å². The van der Waals surface area contributed by atoms with Crippen LogP contribution < -0.4 is 0 Å². The van der Waals surface area contributed by atoms with Gasteiger partial charge in [-0.2, -0.15) is 0 Å². The Kier molecular flexibility index (Phi) is 3.97. The van der Waals surface area contributed by atoms with Crippen LogP contribution >= 0.6 is 0 Å². The standard InChI is InChI=1S/C17H23N3O/c1-19(2)12-13-7-9-20(10-8-13)17(21)16-11-14-5-3-4-6-15(14)18-16/h3-6,11,13,18H,7-10,12H2,1-2H3. The van der Waals surface area contributed by atoms with Crippen LogP contribution in [0.3, 0.4) is 0 Å². The number of likely N-dealkylation sites (tertiary alicyclic amines) is 1. The smallest absolute Gasteiger partial charge is 0.270 e. The van der Waals surface area contributed by atoms with E-state index in [0.717, 1.165) is 43.4 Å². The molecule has 0 aliphatic carbocycles. The highest BCUT2D eigenvalue weighted by Crippen LogP contribution is 2.21. The van der Waals surface area contributed by atoms with E-state index in [2.05, 4.69) is 24.0 Å². The highest BCUT2D eigenvalue weighted by atomic mass is 16.2. The fraction of sp³-hybridized carbons (Fsp3) is 0.471. The van der Waals surface area contributed by atoms with Gasteiger partial charge in [-0.1, -0.05) is 18.2 Å². The van der Waals surface area contributed by atoms with Crippen molar-refractivity contribution in [1.82, 2.24) is 14.8 Å². The molecule has 0 unspecified atom stereocenters. The molecular formula is C17H23N3O.